The smallest absolute Gasteiger partial charge is 0.222 e. The van der Waals surface area contributed by atoms with E-state index in [4.69, 9.17) is 0 Å². The number of hydrogen-bond donors (Lipinski definition) is 0. The molecule has 0 saturated heterocycles. The molecule has 3 nitrogen and oxygen atoms in total. The third kappa shape index (κ3) is 2.22. The number of thiazole rings is 1. The van der Waals surface area contributed by atoms with Gasteiger partial charge in [0, 0.05) is 13.5 Å². The summed E-state index contributed by atoms with van der Waals surface area (Å²) in [5.74, 6) is 0.152. The molecule has 0 atom stereocenters. The molecule has 0 spiro atoms. The molecule has 4 heteroatoms. The highest BCUT2D eigenvalue weighted by Gasteiger charge is 2.09. The molecule has 1 heterocycles. The molecule has 84 valence electrons. The van der Waals surface area contributed by atoms with Crippen LogP contribution in [0.5, 0.6) is 0 Å². The van der Waals surface area contributed by atoms with Crippen LogP contribution in [0.4, 0.5) is 0 Å². The molecule has 0 fully saturated rings. The summed E-state index contributed by atoms with van der Waals surface area (Å²) < 4.78 is 1.18. The fourth-order valence-electron chi connectivity index (χ4n) is 1.55. The van der Waals surface area contributed by atoms with E-state index in [1.807, 2.05) is 32.2 Å². The first-order valence-electron chi connectivity index (χ1n) is 5.29. The summed E-state index contributed by atoms with van der Waals surface area (Å²) in [5.41, 5.74) is 1.01. The van der Waals surface area contributed by atoms with E-state index in [2.05, 4.69) is 11.1 Å². The minimum Gasteiger partial charge on any atom is -0.339 e. The molecule has 0 unspecified atom stereocenters. The molecule has 0 aliphatic carbocycles. The van der Waals surface area contributed by atoms with E-state index in [1.165, 1.54) is 4.70 Å². The fourth-order valence-corrected chi connectivity index (χ4v) is 2.57. The van der Waals surface area contributed by atoms with Gasteiger partial charge in [0.05, 0.1) is 16.8 Å². The van der Waals surface area contributed by atoms with Crippen molar-refractivity contribution in [1.82, 2.24) is 9.88 Å². The summed E-state index contributed by atoms with van der Waals surface area (Å²) in [6, 6.07) is 8.03. The average Bonchev–Trinajstić information content (AvgIpc) is 2.69. The average molecular weight is 234 g/mol. The lowest BCUT2D eigenvalue weighted by Gasteiger charge is -2.13. The van der Waals surface area contributed by atoms with Gasteiger partial charge in [-0.15, -0.1) is 11.3 Å². The molecule has 0 bridgehead atoms. The molecule has 2 rings (SSSR count). The summed E-state index contributed by atoms with van der Waals surface area (Å²) >= 11 is 1.65. The third-order valence-corrected chi connectivity index (χ3v) is 3.46. The minimum absolute atomic E-state index is 0.152. The molecule has 1 aromatic carbocycles. The van der Waals surface area contributed by atoms with E-state index in [0.29, 0.717) is 13.0 Å². The van der Waals surface area contributed by atoms with Gasteiger partial charge in [0.25, 0.3) is 0 Å². The SMILES string of the molecule is CCC(=O)N(C)Cc1nc2ccccc2s1. The molecule has 0 saturated carbocycles. The number of fused-ring (bicyclic) bond motifs is 1. The molecule has 0 radical (unpaired) electrons. The zero-order valence-corrected chi connectivity index (χ0v) is 10.3. The topological polar surface area (TPSA) is 33.2 Å². The van der Waals surface area contributed by atoms with Crippen LogP contribution in [-0.2, 0) is 11.3 Å². The molecule has 1 amide bonds. The van der Waals surface area contributed by atoms with E-state index < -0.39 is 0 Å². The van der Waals surface area contributed by atoms with Crippen molar-refractivity contribution in [2.45, 2.75) is 19.9 Å². The first-order valence-corrected chi connectivity index (χ1v) is 6.10. The van der Waals surface area contributed by atoms with Crippen LogP contribution in [0.2, 0.25) is 0 Å². The number of carbonyl (C=O) groups is 1. The second-order valence-corrected chi connectivity index (χ2v) is 4.79. The highest BCUT2D eigenvalue weighted by molar-refractivity contribution is 7.18. The van der Waals surface area contributed by atoms with Crippen molar-refractivity contribution < 1.29 is 4.79 Å². The van der Waals surface area contributed by atoms with Gasteiger partial charge in [0.15, 0.2) is 0 Å². The molecule has 0 N–H and O–H groups in total. The van der Waals surface area contributed by atoms with Crippen LogP contribution >= 0.6 is 11.3 Å². The summed E-state index contributed by atoms with van der Waals surface area (Å²) in [6.45, 7) is 2.48. The van der Waals surface area contributed by atoms with E-state index >= 15 is 0 Å². The third-order valence-electron chi connectivity index (χ3n) is 2.44. The molecule has 0 aliphatic heterocycles. The van der Waals surface area contributed by atoms with Crippen LogP contribution in [0, 0.1) is 0 Å². The van der Waals surface area contributed by atoms with Gasteiger partial charge >= 0.3 is 0 Å². The fraction of sp³-hybridized carbons (Fsp3) is 0.333. The lowest BCUT2D eigenvalue weighted by molar-refractivity contribution is -0.130. The van der Waals surface area contributed by atoms with Crippen molar-refractivity contribution in [2.75, 3.05) is 7.05 Å². The number of carbonyl (C=O) groups excluding carboxylic acids is 1. The predicted molar refractivity (Wildman–Crippen MR) is 66.4 cm³/mol. The number of amides is 1. The van der Waals surface area contributed by atoms with Gasteiger partial charge in [-0.1, -0.05) is 19.1 Å². The van der Waals surface area contributed by atoms with Crippen LogP contribution < -0.4 is 0 Å². The zero-order chi connectivity index (χ0) is 11.5. The number of nitrogens with zero attached hydrogens (tertiary/aromatic N) is 2. The normalized spacial score (nSPS) is 10.6. The Balaban J connectivity index is 2.18. The number of benzene rings is 1. The van der Waals surface area contributed by atoms with Gasteiger partial charge in [-0.05, 0) is 12.1 Å². The number of hydrogen-bond acceptors (Lipinski definition) is 3. The Morgan fingerprint density at radius 1 is 1.44 bits per heavy atom. The van der Waals surface area contributed by atoms with Gasteiger partial charge in [0.2, 0.25) is 5.91 Å². The van der Waals surface area contributed by atoms with Gasteiger partial charge in [-0.2, -0.15) is 0 Å². The molecular weight excluding hydrogens is 220 g/mol. The highest BCUT2D eigenvalue weighted by atomic mass is 32.1. The molecule has 0 aliphatic rings. The summed E-state index contributed by atoms with van der Waals surface area (Å²) in [4.78, 5) is 17.6. The quantitative estimate of drug-likeness (QED) is 0.818. The summed E-state index contributed by atoms with van der Waals surface area (Å²) in [5, 5.41) is 0.991. The second kappa shape index (κ2) is 4.61. The van der Waals surface area contributed by atoms with Crippen LogP contribution in [-0.4, -0.2) is 22.8 Å². The van der Waals surface area contributed by atoms with Crippen LogP contribution in [0.25, 0.3) is 10.2 Å². The Bertz CT molecular complexity index is 473. The summed E-state index contributed by atoms with van der Waals surface area (Å²) in [6.07, 6.45) is 0.543. The maximum atomic E-state index is 11.4. The first kappa shape index (κ1) is 11.1. The monoisotopic (exact) mass is 234 g/mol. The van der Waals surface area contributed by atoms with Crippen molar-refractivity contribution in [1.29, 1.82) is 0 Å². The van der Waals surface area contributed by atoms with Crippen molar-refractivity contribution in [3.05, 3.63) is 29.3 Å². The maximum Gasteiger partial charge on any atom is 0.222 e. The Kier molecular flexibility index (Phi) is 3.19. The van der Waals surface area contributed by atoms with Gasteiger partial charge < -0.3 is 4.90 Å². The molecular formula is C12H14N2OS. The molecule has 16 heavy (non-hydrogen) atoms. The van der Waals surface area contributed by atoms with E-state index in [9.17, 15) is 4.79 Å². The van der Waals surface area contributed by atoms with Crippen molar-refractivity contribution in [3.8, 4) is 0 Å². The Morgan fingerprint density at radius 3 is 2.88 bits per heavy atom. The standard InChI is InChI=1S/C12H14N2OS/c1-3-12(15)14(2)8-11-13-9-6-4-5-7-10(9)16-11/h4-7H,3,8H2,1-2H3. The number of rotatable bonds is 3. The molecule has 1 aromatic heterocycles. The first-order chi connectivity index (χ1) is 7.70. The van der Waals surface area contributed by atoms with Crippen LogP contribution in [0.1, 0.15) is 18.4 Å². The Labute approximate surface area is 98.7 Å². The zero-order valence-electron chi connectivity index (χ0n) is 9.43. The highest BCUT2D eigenvalue weighted by Crippen LogP contribution is 2.22. The van der Waals surface area contributed by atoms with E-state index in [1.54, 1.807) is 16.2 Å². The van der Waals surface area contributed by atoms with Crippen LogP contribution in [0.15, 0.2) is 24.3 Å². The van der Waals surface area contributed by atoms with E-state index in [0.717, 1.165) is 10.5 Å². The predicted octanol–water partition coefficient (Wildman–Crippen LogP) is 2.66. The van der Waals surface area contributed by atoms with Gasteiger partial charge in [-0.3, -0.25) is 4.79 Å². The maximum absolute atomic E-state index is 11.4. The Hall–Kier alpha value is -1.42. The largest absolute Gasteiger partial charge is 0.339 e. The Morgan fingerprint density at radius 2 is 2.19 bits per heavy atom. The van der Waals surface area contributed by atoms with Crippen molar-refractivity contribution in [2.24, 2.45) is 0 Å². The summed E-state index contributed by atoms with van der Waals surface area (Å²) in [7, 11) is 1.82. The molecule has 2 aromatic rings. The van der Waals surface area contributed by atoms with E-state index in [-0.39, 0.29) is 5.91 Å². The second-order valence-electron chi connectivity index (χ2n) is 3.68. The number of aromatic nitrogens is 1. The number of para-hydroxylation sites is 1. The van der Waals surface area contributed by atoms with Gasteiger partial charge in [-0.25, -0.2) is 4.98 Å². The van der Waals surface area contributed by atoms with Crippen molar-refractivity contribution in [3.63, 3.8) is 0 Å². The van der Waals surface area contributed by atoms with Crippen LogP contribution in [0.3, 0.4) is 0 Å². The lowest BCUT2D eigenvalue weighted by Crippen LogP contribution is -2.24. The lowest BCUT2D eigenvalue weighted by atomic mass is 10.3. The van der Waals surface area contributed by atoms with Crippen molar-refractivity contribution >= 4 is 27.5 Å². The minimum atomic E-state index is 0.152. The van der Waals surface area contributed by atoms with Gasteiger partial charge in [0.1, 0.15) is 5.01 Å².